The Bertz CT molecular complexity index is 340. The third kappa shape index (κ3) is 1.97. The zero-order valence-corrected chi connectivity index (χ0v) is 10.0. The summed E-state index contributed by atoms with van der Waals surface area (Å²) in [4.78, 5) is 12.0. The van der Waals surface area contributed by atoms with E-state index in [0.29, 0.717) is 19.4 Å². The number of methoxy groups -OCH3 is 1. The lowest BCUT2D eigenvalue weighted by molar-refractivity contribution is -0.127. The minimum atomic E-state index is -0.770. The van der Waals surface area contributed by atoms with Crippen LogP contribution in [0.3, 0.4) is 0 Å². The Hall–Kier alpha value is -1.30. The highest BCUT2D eigenvalue weighted by molar-refractivity contribution is 6.09. The molecule has 0 aliphatic heterocycles. The highest BCUT2D eigenvalue weighted by atomic mass is 16.5. The number of ether oxygens (including phenoxy) is 1. The number of amides is 1. The Morgan fingerprint density at radius 2 is 2.12 bits per heavy atom. The molecule has 2 rings (SSSR count). The second-order valence-corrected chi connectivity index (χ2v) is 4.99. The number of hydrogen-bond acceptors (Lipinski definition) is 4. The standard InChI is InChI=1S/C11H19N3O3/c1-17-10(3-2-4-10)7-13-9(15)11(5-6-11)8(12)14-16/h16H,2-7H2,1H3,(H2,12,14)(H,13,15). The Morgan fingerprint density at radius 1 is 1.47 bits per heavy atom. The van der Waals surface area contributed by atoms with Crippen LogP contribution in [0.15, 0.2) is 5.16 Å². The second-order valence-electron chi connectivity index (χ2n) is 4.99. The first-order valence-corrected chi connectivity index (χ1v) is 5.90. The van der Waals surface area contributed by atoms with E-state index in [9.17, 15) is 4.79 Å². The van der Waals surface area contributed by atoms with E-state index < -0.39 is 5.41 Å². The SMILES string of the molecule is COC1(CNC(=O)C2(C(N)=NO)CC2)CCC1. The molecule has 96 valence electrons. The molecule has 0 aromatic heterocycles. The van der Waals surface area contributed by atoms with Crippen molar-refractivity contribution in [1.82, 2.24) is 5.32 Å². The Morgan fingerprint density at radius 3 is 2.47 bits per heavy atom. The molecule has 6 nitrogen and oxygen atoms in total. The van der Waals surface area contributed by atoms with E-state index in [2.05, 4.69) is 10.5 Å². The maximum absolute atomic E-state index is 12.0. The lowest BCUT2D eigenvalue weighted by Crippen LogP contribution is -2.52. The van der Waals surface area contributed by atoms with Crippen LogP contribution in [0.4, 0.5) is 0 Å². The van der Waals surface area contributed by atoms with Crippen LogP contribution in [0, 0.1) is 5.41 Å². The van der Waals surface area contributed by atoms with Gasteiger partial charge in [-0.25, -0.2) is 0 Å². The molecule has 0 spiro atoms. The topological polar surface area (TPSA) is 96.9 Å². The third-order valence-electron chi connectivity index (χ3n) is 4.05. The average molecular weight is 241 g/mol. The van der Waals surface area contributed by atoms with Gasteiger partial charge in [0, 0.05) is 13.7 Å². The van der Waals surface area contributed by atoms with Gasteiger partial charge in [0.1, 0.15) is 5.41 Å². The fourth-order valence-corrected chi connectivity index (χ4v) is 2.25. The van der Waals surface area contributed by atoms with Gasteiger partial charge in [-0.05, 0) is 32.1 Å². The average Bonchev–Trinajstić information content (AvgIpc) is 3.08. The second kappa shape index (κ2) is 4.18. The molecule has 0 saturated heterocycles. The van der Waals surface area contributed by atoms with E-state index in [1.54, 1.807) is 7.11 Å². The minimum Gasteiger partial charge on any atom is -0.409 e. The van der Waals surface area contributed by atoms with E-state index in [-0.39, 0.29) is 17.3 Å². The fourth-order valence-electron chi connectivity index (χ4n) is 2.25. The Labute approximate surface area is 100 Å². The van der Waals surface area contributed by atoms with Crippen LogP contribution in [-0.4, -0.2) is 36.2 Å². The number of amidine groups is 1. The molecule has 4 N–H and O–H groups in total. The highest BCUT2D eigenvalue weighted by Crippen LogP contribution is 2.46. The van der Waals surface area contributed by atoms with Gasteiger partial charge in [0.05, 0.1) is 5.60 Å². The molecule has 2 aliphatic rings. The fraction of sp³-hybridized carbons (Fsp3) is 0.818. The first-order chi connectivity index (χ1) is 8.08. The van der Waals surface area contributed by atoms with E-state index in [0.717, 1.165) is 19.3 Å². The number of nitrogens with two attached hydrogens (primary N) is 1. The molecule has 0 aromatic rings. The number of rotatable bonds is 5. The molecule has 0 bridgehead atoms. The van der Waals surface area contributed by atoms with E-state index in [1.165, 1.54) is 0 Å². The smallest absolute Gasteiger partial charge is 0.234 e. The largest absolute Gasteiger partial charge is 0.409 e. The zero-order valence-electron chi connectivity index (χ0n) is 10.0. The van der Waals surface area contributed by atoms with E-state index in [4.69, 9.17) is 15.7 Å². The molecule has 0 unspecified atom stereocenters. The van der Waals surface area contributed by atoms with Crippen molar-refractivity contribution >= 4 is 11.7 Å². The number of carbonyl (C=O) groups excluding carboxylic acids is 1. The molecule has 2 fully saturated rings. The number of hydrogen-bond donors (Lipinski definition) is 3. The summed E-state index contributed by atoms with van der Waals surface area (Å²) in [6.07, 6.45) is 4.37. The van der Waals surface area contributed by atoms with Crippen molar-refractivity contribution in [3.8, 4) is 0 Å². The lowest BCUT2D eigenvalue weighted by atomic mass is 9.80. The molecule has 1 amide bonds. The van der Waals surface area contributed by atoms with Gasteiger partial charge < -0.3 is 21.0 Å². The molecular weight excluding hydrogens is 222 g/mol. The molecule has 2 aliphatic carbocycles. The van der Waals surface area contributed by atoms with E-state index >= 15 is 0 Å². The predicted octanol–water partition coefficient (Wildman–Crippen LogP) is 0.198. The van der Waals surface area contributed by atoms with Crippen molar-refractivity contribution in [2.45, 2.75) is 37.7 Å². The van der Waals surface area contributed by atoms with Crippen molar-refractivity contribution in [2.75, 3.05) is 13.7 Å². The van der Waals surface area contributed by atoms with Crippen LogP contribution in [0.2, 0.25) is 0 Å². The van der Waals surface area contributed by atoms with Crippen LogP contribution in [0.1, 0.15) is 32.1 Å². The van der Waals surface area contributed by atoms with Gasteiger partial charge in [-0.2, -0.15) is 0 Å². The number of nitrogens with one attached hydrogen (secondary N) is 1. The summed E-state index contributed by atoms with van der Waals surface area (Å²) in [5, 5.41) is 14.5. The molecule has 0 aromatic carbocycles. The van der Waals surface area contributed by atoms with Crippen molar-refractivity contribution in [2.24, 2.45) is 16.3 Å². The van der Waals surface area contributed by atoms with Gasteiger partial charge in [-0.1, -0.05) is 5.16 Å². The summed E-state index contributed by atoms with van der Waals surface area (Å²) in [6.45, 7) is 0.503. The quantitative estimate of drug-likeness (QED) is 0.277. The number of carbonyl (C=O) groups is 1. The Kier molecular flexibility index (Phi) is 2.99. The van der Waals surface area contributed by atoms with Gasteiger partial charge in [0.2, 0.25) is 5.91 Å². The normalized spacial score (nSPS) is 24.9. The highest BCUT2D eigenvalue weighted by Gasteiger charge is 2.54. The first-order valence-electron chi connectivity index (χ1n) is 5.90. The molecule has 0 heterocycles. The summed E-state index contributed by atoms with van der Waals surface area (Å²) >= 11 is 0. The molecule has 0 atom stereocenters. The number of oxime groups is 1. The van der Waals surface area contributed by atoms with Crippen LogP contribution in [-0.2, 0) is 9.53 Å². The summed E-state index contributed by atoms with van der Waals surface area (Å²) in [5.74, 6) is -0.147. The predicted molar refractivity (Wildman–Crippen MR) is 61.7 cm³/mol. The van der Waals surface area contributed by atoms with Crippen molar-refractivity contribution in [3.05, 3.63) is 0 Å². The minimum absolute atomic E-state index is 0.00933. The molecule has 6 heteroatoms. The van der Waals surface area contributed by atoms with Crippen molar-refractivity contribution < 1.29 is 14.7 Å². The van der Waals surface area contributed by atoms with Gasteiger partial charge in [-0.3, -0.25) is 4.79 Å². The van der Waals surface area contributed by atoms with Crippen molar-refractivity contribution in [3.63, 3.8) is 0 Å². The maximum Gasteiger partial charge on any atom is 0.234 e. The van der Waals surface area contributed by atoms with Gasteiger partial charge in [0.15, 0.2) is 5.84 Å². The molecular formula is C11H19N3O3. The van der Waals surface area contributed by atoms with Gasteiger partial charge in [-0.15, -0.1) is 0 Å². The summed E-state index contributed by atoms with van der Waals surface area (Å²) < 4.78 is 5.42. The summed E-state index contributed by atoms with van der Waals surface area (Å²) in [7, 11) is 1.67. The summed E-state index contributed by atoms with van der Waals surface area (Å²) in [6, 6.07) is 0. The maximum atomic E-state index is 12.0. The monoisotopic (exact) mass is 241 g/mol. The number of nitrogens with zero attached hydrogens (tertiary/aromatic N) is 1. The van der Waals surface area contributed by atoms with Crippen LogP contribution in [0.5, 0.6) is 0 Å². The van der Waals surface area contributed by atoms with Gasteiger partial charge in [0.25, 0.3) is 0 Å². The van der Waals surface area contributed by atoms with E-state index in [1.807, 2.05) is 0 Å². The third-order valence-corrected chi connectivity index (χ3v) is 4.05. The van der Waals surface area contributed by atoms with Crippen LogP contribution < -0.4 is 11.1 Å². The molecule has 17 heavy (non-hydrogen) atoms. The lowest BCUT2D eigenvalue weighted by Gasteiger charge is -2.40. The molecule has 2 saturated carbocycles. The Balaban J connectivity index is 1.90. The van der Waals surface area contributed by atoms with Crippen LogP contribution in [0.25, 0.3) is 0 Å². The first kappa shape index (κ1) is 12.2. The van der Waals surface area contributed by atoms with Crippen molar-refractivity contribution in [1.29, 1.82) is 0 Å². The van der Waals surface area contributed by atoms with Gasteiger partial charge >= 0.3 is 0 Å². The molecule has 0 radical (unpaired) electrons. The zero-order chi connectivity index (χ0) is 12.5. The van der Waals surface area contributed by atoms with Crippen LogP contribution >= 0.6 is 0 Å². The summed E-state index contributed by atoms with van der Waals surface area (Å²) in [5.41, 5.74) is 4.57.